The number of nitrogens with zero attached hydrogens (tertiary/aromatic N) is 2. The maximum atomic E-state index is 12.2. The summed E-state index contributed by atoms with van der Waals surface area (Å²) in [5.74, 6) is -0.134. The SMILES string of the molecule is O=C(Nc1ccc(CCC(=O)N2CCCC2)cc1)c1ccc([N+](=O)[O-])cc1. The lowest BCUT2D eigenvalue weighted by atomic mass is 10.1. The van der Waals surface area contributed by atoms with Gasteiger partial charge in [-0.1, -0.05) is 12.1 Å². The summed E-state index contributed by atoms with van der Waals surface area (Å²) >= 11 is 0. The quantitative estimate of drug-likeness (QED) is 0.625. The summed E-state index contributed by atoms with van der Waals surface area (Å²) in [6.07, 6.45) is 3.35. The summed E-state index contributed by atoms with van der Waals surface area (Å²) in [5, 5.41) is 13.4. The van der Waals surface area contributed by atoms with Crippen LogP contribution in [0, 0.1) is 10.1 Å². The van der Waals surface area contributed by atoms with Crippen LogP contribution in [0.3, 0.4) is 0 Å². The van der Waals surface area contributed by atoms with Crippen LogP contribution in [-0.2, 0) is 11.2 Å². The van der Waals surface area contributed by atoms with Gasteiger partial charge in [-0.05, 0) is 49.1 Å². The first-order valence-corrected chi connectivity index (χ1v) is 8.95. The fraction of sp³-hybridized carbons (Fsp3) is 0.300. The third-order valence-corrected chi connectivity index (χ3v) is 4.64. The van der Waals surface area contributed by atoms with Crippen molar-refractivity contribution in [1.29, 1.82) is 0 Å². The van der Waals surface area contributed by atoms with E-state index >= 15 is 0 Å². The molecule has 1 aliphatic rings. The zero-order valence-electron chi connectivity index (χ0n) is 14.9. The van der Waals surface area contributed by atoms with Gasteiger partial charge in [0.1, 0.15) is 0 Å². The Morgan fingerprint density at radius 3 is 2.22 bits per heavy atom. The number of nitro groups is 1. The van der Waals surface area contributed by atoms with Crippen molar-refractivity contribution in [2.45, 2.75) is 25.7 Å². The Labute approximate surface area is 157 Å². The minimum Gasteiger partial charge on any atom is -0.343 e. The molecule has 7 heteroatoms. The summed E-state index contributed by atoms with van der Waals surface area (Å²) < 4.78 is 0. The fourth-order valence-corrected chi connectivity index (χ4v) is 3.07. The molecule has 0 atom stereocenters. The molecule has 1 heterocycles. The van der Waals surface area contributed by atoms with Gasteiger partial charge in [-0.25, -0.2) is 0 Å². The predicted octanol–water partition coefficient (Wildman–Crippen LogP) is 3.40. The minimum absolute atomic E-state index is 0.0561. The first kappa shape index (κ1) is 18.6. The second kappa shape index (κ2) is 8.44. The van der Waals surface area contributed by atoms with Gasteiger partial charge in [-0.3, -0.25) is 19.7 Å². The zero-order valence-corrected chi connectivity index (χ0v) is 14.9. The highest BCUT2D eigenvalue weighted by atomic mass is 16.6. The van der Waals surface area contributed by atoms with Crippen LogP contribution in [0.25, 0.3) is 0 Å². The molecule has 0 bridgehead atoms. The zero-order chi connectivity index (χ0) is 19.2. The van der Waals surface area contributed by atoms with E-state index in [0.717, 1.165) is 31.5 Å². The van der Waals surface area contributed by atoms with Crippen LogP contribution in [0.15, 0.2) is 48.5 Å². The van der Waals surface area contributed by atoms with Crippen molar-refractivity contribution in [1.82, 2.24) is 4.90 Å². The molecule has 0 unspecified atom stereocenters. The lowest BCUT2D eigenvalue weighted by molar-refractivity contribution is -0.384. The third kappa shape index (κ3) is 4.91. The highest BCUT2D eigenvalue weighted by Gasteiger charge is 2.17. The summed E-state index contributed by atoms with van der Waals surface area (Å²) in [4.78, 5) is 36.4. The number of rotatable bonds is 6. The Morgan fingerprint density at radius 1 is 1.00 bits per heavy atom. The van der Waals surface area contributed by atoms with E-state index in [2.05, 4.69) is 5.32 Å². The van der Waals surface area contributed by atoms with Crippen molar-refractivity contribution in [3.63, 3.8) is 0 Å². The Morgan fingerprint density at radius 2 is 1.63 bits per heavy atom. The second-order valence-electron chi connectivity index (χ2n) is 6.54. The van der Waals surface area contributed by atoms with Gasteiger partial charge in [0.25, 0.3) is 11.6 Å². The monoisotopic (exact) mass is 367 g/mol. The van der Waals surface area contributed by atoms with E-state index < -0.39 is 4.92 Å². The molecule has 0 aromatic heterocycles. The number of nitro benzene ring substituents is 1. The number of hydrogen-bond donors (Lipinski definition) is 1. The number of hydrogen-bond acceptors (Lipinski definition) is 4. The van der Waals surface area contributed by atoms with E-state index in [0.29, 0.717) is 24.1 Å². The molecule has 140 valence electrons. The summed E-state index contributed by atoms with van der Waals surface area (Å²) in [6, 6.07) is 12.8. The molecule has 2 amide bonds. The van der Waals surface area contributed by atoms with Crippen LogP contribution >= 0.6 is 0 Å². The van der Waals surface area contributed by atoms with Crippen LogP contribution in [0.1, 0.15) is 35.2 Å². The molecule has 27 heavy (non-hydrogen) atoms. The third-order valence-electron chi connectivity index (χ3n) is 4.64. The predicted molar refractivity (Wildman–Crippen MR) is 102 cm³/mol. The topological polar surface area (TPSA) is 92.6 Å². The molecule has 0 spiro atoms. The molecular formula is C20H21N3O4. The maximum Gasteiger partial charge on any atom is 0.269 e. The highest BCUT2D eigenvalue weighted by Crippen LogP contribution is 2.16. The number of amides is 2. The minimum atomic E-state index is -0.505. The van der Waals surface area contributed by atoms with Crippen LogP contribution in [0.4, 0.5) is 11.4 Å². The van der Waals surface area contributed by atoms with Gasteiger partial charge < -0.3 is 10.2 Å². The maximum absolute atomic E-state index is 12.2. The molecule has 2 aromatic rings. The Kier molecular flexibility index (Phi) is 5.80. The standard InChI is InChI=1S/C20H21N3O4/c24-19(22-13-1-2-14-22)12-5-15-3-8-17(9-4-15)21-20(25)16-6-10-18(11-7-16)23(26)27/h3-4,6-11H,1-2,5,12-14H2,(H,21,25). The first-order chi connectivity index (χ1) is 13.0. The average molecular weight is 367 g/mol. The van der Waals surface area contributed by atoms with E-state index in [1.54, 1.807) is 12.1 Å². The van der Waals surface area contributed by atoms with Crippen LogP contribution in [0.5, 0.6) is 0 Å². The number of carbonyl (C=O) groups excluding carboxylic acids is 2. The first-order valence-electron chi connectivity index (χ1n) is 8.95. The van der Waals surface area contributed by atoms with Crippen LogP contribution in [-0.4, -0.2) is 34.7 Å². The molecule has 1 aliphatic heterocycles. The number of carbonyl (C=O) groups is 2. The summed E-state index contributed by atoms with van der Waals surface area (Å²) in [6.45, 7) is 1.74. The van der Waals surface area contributed by atoms with E-state index in [9.17, 15) is 19.7 Å². The second-order valence-corrected chi connectivity index (χ2v) is 6.54. The van der Waals surface area contributed by atoms with Crippen molar-refractivity contribution in [3.05, 3.63) is 69.8 Å². The molecule has 0 saturated carbocycles. The van der Waals surface area contributed by atoms with Gasteiger partial charge in [-0.2, -0.15) is 0 Å². The average Bonchev–Trinajstić information content (AvgIpc) is 3.22. The number of likely N-dealkylation sites (tertiary alicyclic amines) is 1. The van der Waals surface area contributed by atoms with Gasteiger partial charge in [0, 0.05) is 42.9 Å². The van der Waals surface area contributed by atoms with E-state index in [1.807, 2.05) is 17.0 Å². The highest BCUT2D eigenvalue weighted by molar-refractivity contribution is 6.04. The smallest absolute Gasteiger partial charge is 0.269 e. The molecule has 1 saturated heterocycles. The van der Waals surface area contributed by atoms with Gasteiger partial charge in [0.2, 0.25) is 5.91 Å². The van der Waals surface area contributed by atoms with E-state index in [-0.39, 0.29) is 17.5 Å². The van der Waals surface area contributed by atoms with Crippen LogP contribution in [0.2, 0.25) is 0 Å². The molecule has 1 fully saturated rings. The number of non-ortho nitro benzene ring substituents is 1. The van der Waals surface area contributed by atoms with Crippen molar-refractivity contribution >= 4 is 23.2 Å². The van der Waals surface area contributed by atoms with Gasteiger partial charge in [-0.15, -0.1) is 0 Å². The van der Waals surface area contributed by atoms with Gasteiger partial charge in [0.05, 0.1) is 4.92 Å². The fourth-order valence-electron chi connectivity index (χ4n) is 3.07. The molecule has 0 radical (unpaired) electrons. The number of nitrogens with one attached hydrogen (secondary N) is 1. The lowest BCUT2D eigenvalue weighted by Crippen LogP contribution is -2.27. The molecule has 3 rings (SSSR count). The van der Waals surface area contributed by atoms with Crippen molar-refractivity contribution in [3.8, 4) is 0 Å². The largest absolute Gasteiger partial charge is 0.343 e. The van der Waals surface area contributed by atoms with Crippen LogP contribution < -0.4 is 5.32 Å². The number of benzene rings is 2. The number of aryl methyl sites for hydroxylation is 1. The summed E-state index contributed by atoms with van der Waals surface area (Å²) in [5.41, 5.74) is 1.96. The van der Waals surface area contributed by atoms with Crippen molar-refractivity contribution in [2.75, 3.05) is 18.4 Å². The molecular weight excluding hydrogens is 346 g/mol. The van der Waals surface area contributed by atoms with E-state index in [4.69, 9.17) is 0 Å². The Balaban J connectivity index is 1.53. The molecule has 1 N–H and O–H groups in total. The van der Waals surface area contributed by atoms with Gasteiger partial charge in [0.15, 0.2) is 0 Å². The lowest BCUT2D eigenvalue weighted by Gasteiger charge is -2.15. The molecule has 2 aromatic carbocycles. The van der Waals surface area contributed by atoms with E-state index in [1.165, 1.54) is 24.3 Å². The Hall–Kier alpha value is -3.22. The molecule has 7 nitrogen and oxygen atoms in total. The number of anilines is 1. The van der Waals surface area contributed by atoms with Crippen molar-refractivity contribution < 1.29 is 14.5 Å². The van der Waals surface area contributed by atoms with Crippen molar-refractivity contribution in [2.24, 2.45) is 0 Å². The normalized spacial score (nSPS) is 13.4. The van der Waals surface area contributed by atoms with Gasteiger partial charge >= 0.3 is 0 Å². The Bertz CT molecular complexity index is 825. The summed E-state index contributed by atoms with van der Waals surface area (Å²) in [7, 11) is 0. The molecule has 0 aliphatic carbocycles.